The predicted molar refractivity (Wildman–Crippen MR) is 114 cm³/mol. The molecule has 0 aliphatic rings. The lowest BCUT2D eigenvalue weighted by atomic mass is 10.1. The number of benzene rings is 2. The highest BCUT2D eigenvalue weighted by Crippen LogP contribution is 2.21. The maximum atomic E-state index is 13.0. The molecule has 3 aromatic rings. The summed E-state index contributed by atoms with van der Waals surface area (Å²) in [6.07, 6.45) is 0.372. The van der Waals surface area contributed by atoms with Crippen LogP contribution in [0.1, 0.15) is 30.1 Å². The predicted octanol–water partition coefficient (Wildman–Crippen LogP) is 3.99. The van der Waals surface area contributed by atoms with Crippen molar-refractivity contribution >= 4 is 11.6 Å². The first-order valence-electron chi connectivity index (χ1n) is 9.88. The zero-order chi connectivity index (χ0) is 22.4. The number of nitrogens with zero attached hydrogens (tertiary/aromatic N) is 4. The molecule has 162 valence electrons. The largest absolute Gasteiger partial charge is 0.497 e. The smallest absolute Gasteiger partial charge is 0.270 e. The number of hydrogen-bond donors (Lipinski definition) is 0. The van der Waals surface area contributed by atoms with Crippen molar-refractivity contribution in [2.24, 2.45) is 5.92 Å². The molecule has 0 fully saturated rings. The summed E-state index contributed by atoms with van der Waals surface area (Å²) in [6, 6.07) is 13.0. The minimum absolute atomic E-state index is 0.0444. The molecule has 0 saturated heterocycles. The molecular formula is C22H24N4O5. The number of carbonyl (C=O) groups excluding carboxylic acids is 1. The lowest BCUT2D eigenvalue weighted by molar-refractivity contribution is -0.384. The molecular weight excluding hydrogens is 400 g/mol. The van der Waals surface area contributed by atoms with E-state index in [1.807, 2.05) is 13.8 Å². The van der Waals surface area contributed by atoms with Gasteiger partial charge in [0.1, 0.15) is 5.75 Å². The maximum absolute atomic E-state index is 13.0. The molecule has 9 nitrogen and oxygen atoms in total. The Bertz CT molecular complexity index is 1050. The van der Waals surface area contributed by atoms with E-state index in [1.165, 1.54) is 12.1 Å². The van der Waals surface area contributed by atoms with Crippen molar-refractivity contribution in [3.05, 3.63) is 70.1 Å². The normalized spacial score (nSPS) is 10.8. The van der Waals surface area contributed by atoms with E-state index in [9.17, 15) is 14.9 Å². The summed E-state index contributed by atoms with van der Waals surface area (Å²) in [7, 11) is 1.58. The Hall–Kier alpha value is -3.75. The second-order valence-electron chi connectivity index (χ2n) is 7.44. The van der Waals surface area contributed by atoms with Crippen LogP contribution in [0.4, 0.5) is 5.69 Å². The van der Waals surface area contributed by atoms with Crippen molar-refractivity contribution in [3.8, 4) is 17.1 Å². The van der Waals surface area contributed by atoms with Crippen LogP contribution in [0, 0.1) is 16.0 Å². The maximum Gasteiger partial charge on any atom is 0.270 e. The summed E-state index contributed by atoms with van der Waals surface area (Å²) in [4.78, 5) is 29.6. The van der Waals surface area contributed by atoms with Gasteiger partial charge in [-0.2, -0.15) is 4.98 Å². The first-order valence-corrected chi connectivity index (χ1v) is 9.88. The molecule has 0 atom stereocenters. The van der Waals surface area contributed by atoms with Crippen LogP contribution in [0.15, 0.2) is 53.1 Å². The van der Waals surface area contributed by atoms with Gasteiger partial charge in [-0.3, -0.25) is 14.9 Å². The van der Waals surface area contributed by atoms with Gasteiger partial charge in [-0.1, -0.05) is 31.1 Å². The fourth-order valence-corrected chi connectivity index (χ4v) is 3.10. The van der Waals surface area contributed by atoms with Gasteiger partial charge in [0.15, 0.2) is 0 Å². The van der Waals surface area contributed by atoms with Crippen LogP contribution in [0.3, 0.4) is 0 Å². The van der Waals surface area contributed by atoms with Crippen LogP contribution in [0.25, 0.3) is 11.4 Å². The number of methoxy groups -OCH3 is 1. The highest BCUT2D eigenvalue weighted by atomic mass is 16.6. The number of aromatic nitrogens is 2. The number of nitro groups is 1. The Balaban J connectivity index is 1.71. The van der Waals surface area contributed by atoms with Gasteiger partial charge in [0.25, 0.3) is 11.6 Å². The highest BCUT2D eigenvalue weighted by Gasteiger charge is 2.19. The van der Waals surface area contributed by atoms with Crippen molar-refractivity contribution < 1.29 is 19.0 Å². The van der Waals surface area contributed by atoms with Gasteiger partial charge in [-0.15, -0.1) is 0 Å². The van der Waals surface area contributed by atoms with Gasteiger partial charge >= 0.3 is 0 Å². The summed E-state index contributed by atoms with van der Waals surface area (Å²) < 4.78 is 10.5. The molecule has 0 aliphatic heterocycles. The van der Waals surface area contributed by atoms with Crippen molar-refractivity contribution in [3.63, 3.8) is 0 Å². The van der Waals surface area contributed by atoms with E-state index in [0.29, 0.717) is 42.3 Å². The number of ether oxygens (including phenoxy) is 1. The second kappa shape index (κ2) is 9.84. The molecule has 0 bridgehead atoms. The van der Waals surface area contributed by atoms with E-state index in [-0.39, 0.29) is 23.3 Å². The molecule has 0 N–H and O–H groups in total. The molecule has 0 unspecified atom stereocenters. The van der Waals surface area contributed by atoms with Crippen molar-refractivity contribution in [2.75, 3.05) is 20.2 Å². The van der Waals surface area contributed by atoms with Crippen LogP contribution in [0.5, 0.6) is 5.75 Å². The van der Waals surface area contributed by atoms with Crippen molar-refractivity contribution in [1.29, 1.82) is 0 Å². The third-order valence-electron chi connectivity index (χ3n) is 4.59. The molecule has 0 saturated carbocycles. The Morgan fingerprint density at radius 1 is 1.23 bits per heavy atom. The van der Waals surface area contributed by atoms with E-state index in [4.69, 9.17) is 9.26 Å². The lowest BCUT2D eigenvalue weighted by Gasteiger charge is -2.24. The Morgan fingerprint density at radius 2 is 1.97 bits per heavy atom. The first kappa shape index (κ1) is 21.9. The van der Waals surface area contributed by atoms with Gasteiger partial charge in [0.2, 0.25) is 11.7 Å². The average molecular weight is 424 g/mol. The molecule has 2 aromatic carbocycles. The zero-order valence-electron chi connectivity index (χ0n) is 17.6. The monoisotopic (exact) mass is 424 g/mol. The number of carbonyl (C=O) groups is 1. The van der Waals surface area contributed by atoms with Crippen LogP contribution >= 0.6 is 0 Å². The van der Waals surface area contributed by atoms with Gasteiger partial charge < -0.3 is 14.2 Å². The first-order chi connectivity index (χ1) is 14.9. The molecule has 9 heteroatoms. The SMILES string of the molecule is COc1ccc(C(=O)N(CCc2nc(-c3cccc([N+](=O)[O-])c3)no2)CC(C)C)cc1. The molecule has 0 aliphatic carbocycles. The van der Waals surface area contributed by atoms with E-state index < -0.39 is 4.92 Å². The number of amides is 1. The third-order valence-corrected chi connectivity index (χ3v) is 4.59. The number of nitro benzene ring substituents is 1. The Labute approximate surface area is 179 Å². The Kier molecular flexibility index (Phi) is 6.96. The van der Waals surface area contributed by atoms with Crippen molar-refractivity contribution in [2.45, 2.75) is 20.3 Å². The molecule has 0 radical (unpaired) electrons. The van der Waals surface area contributed by atoms with Crippen LogP contribution < -0.4 is 4.74 Å². The average Bonchev–Trinajstić information content (AvgIpc) is 3.25. The summed E-state index contributed by atoms with van der Waals surface area (Å²) >= 11 is 0. The van der Waals surface area contributed by atoms with Gasteiger partial charge in [0, 0.05) is 42.8 Å². The molecule has 3 rings (SSSR count). The topological polar surface area (TPSA) is 112 Å². The van der Waals surface area contributed by atoms with Crippen LogP contribution in [0.2, 0.25) is 0 Å². The molecule has 1 amide bonds. The summed E-state index contributed by atoms with van der Waals surface area (Å²) in [6.45, 7) is 5.07. The highest BCUT2D eigenvalue weighted by molar-refractivity contribution is 5.94. The van der Waals surface area contributed by atoms with E-state index in [2.05, 4.69) is 10.1 Å². The van der Waals surface area contributed by atoms with Crippen LogP contribution in [-0.2, 0) is 6.42 Å². The molecule has 31 heavy (non-hydrogen) atoms. The number of non-ortho nitro benzene ring substituents is 1. The quantitative estimate of drug-likeness (QED) is 0.377. The number of rotatable bonds is 9. The van der Waals surface area contributed by atoms with Gasteiger partial charge in [-0.25, -0.2) is 0 Å². The fourth-order valence-electron chi connectivity index (χ4n) is 3.10. The standard InChI is InChI=1S/C22H24N4O5/c1-15(2)14-25(22(27)16-7-9-19(30-3)10-8-16)12-11-20-23-21(24-31-20)17-5-4-6-18(13-17)26(28)29/h4-10,13,15H,11-12,14H2,1-3H3. The van der Waals surface area contributed by atoms with E-state index in [1.54, 1.807) is 48.4 Å². The minimum Gasteiger partial charge on any atom is -0.497 e. The fraction of sp³-hybridized carbons (Fsp3) is 0.318. The van der Waals surface area contributed by atoms with Crippen molar-refractivity contribution in [1.82, 2.24) is 15.0 Å². The molecule has 0 spiro atoms. The second-order valence-corrected chi connectivity index (χ2v) is 7.44. The van der Waals surface area contributed by atoms with E-state index >= 15 is 0 Å². The van der Waals surface area contributed by atoms with Gasteiger partial charge in [-0.05, 0) is 30.2 Å². The molecule has 1 heterocycles. The summed E-state index contributed by atoms with van der Waals surface area (Å²) in [5, 5.41) is 14.9. The summed E-state index contributed by atoms with van der Waals surface area (Å²) in [5.74, 6) is 1.51. The Morgan fingerprint density at radius 3 is 2.61 bits per heavy atom. The number of hydrogen-bond acceptors (Lipinski definition) is 7. The summed E-state index contributed by atoms with van der Waals surface area (Å²) in [5.41, 5.74) is 1.03. The minimum atomic E-state index is -0.473. The third kappa shape index (κ3) is 5.65. The molecule has 1 aromatic heterocycles. The lowest BCUT2D eigenvalue weighted by Crippen LogP contribution is -2.36. The van der Waals surface area contributed by atoms with E-state index in [0.717, 1.165) is 0 Å². The van der Waals surface area contributed by atoms with Crippen LogP contribution in [-0.4, -0.2) is 46.1 Å². The zero-order valence-corrected chi connectivity index (χ0v) is 17.6. The van der Waals surface area contributed by atoms with Gasteiger partial charge in [0.05, 0.1) is 12.0 Å².